The van der Waals surface area contributed by atoms with E-state index >= 15 is 0 Å². The van der Waals surface area contributed by atoms with Crippen LogP contribution in [0, 0.1) is 0 Å². The zero-order valence-electron chi connectivity index (χ0n) is 13.1. The Morgan fingerprint density at radius 3 is 3.08 bits per heavy atom. The van der Waals surface area contributed by atoms with E-state index in [4.69, 9.17) is 10.5 Å². The SMILES string of the molecule is NC(=O)COc1cccc(CNC(=O)c2n[nH]c3c2CNCC3)c1. The number of primary amides is 1. The van der Waals surface area contributed by atoms with Gasteiger partial charge in [0.05, 0.1) is 0 Å². The van der Waals surface area contributed by atoms with E-state index in [0.29, 0.717) is 24.5 Å². The van der Waals surface area contributed by atoms with E-state index in [2.05, 4.69) is 20.8 Å². The van der Waals surface area contributed by atoms with Gasteiger partial charge in [0, 0.05) is 37.3 Å². The maximum absolute atomic E-state index is 12.3. The first-order chi connectivity index (χ1) is 11.6. The number of nitrogens with one attached hydrogen (secondary N) is 3. The summed E-state index contributed by atoms with van der Waals surface area (Å²) >= 11 is 0. The van der Waals surface area contributed by atoms with Gasteiger partial charge in [-0.2, -0.15) is 5.10 Å². The van der Waals surface area contributed by atoms with Gasteiger partial charge in [0.1, 0.15) is 5.75 Å². The third kappa shape index (κ3) is 3.72. The van der Waals surface area contributed by atoms with E-state index in [1.165, 1.54) is 0 Å². The molecule has 126 valence electrons. The minimum atomic E-state index is -0.536. The first kappa shape index (κ1) is 16.0. The van der Waals surface area contributed by atoms with E-state index in [0.717, 1.165) is 29.8 Å². The zero-order valence-corrected chi connectivity index (χ0v) is 13.1. The summed E-state index contributed by atoms with van der Waals surface area (Å²) in [7, 11) is 0. The second-order valence-corrected chi connectivity index (χ2v) is 5.54. The third-order valence-corrected chi connectivity index (χ3v) is 3.75. The number of nitrogens with two attached hydrogens (primary N) is 1. The van der Waals surface area contributed by atoms with Gasteiger partial charge >= 0.3 is 0 Å². The molecule has 3 rings (SSSR count). The summed E-state index contributed by atoms with van der Waals surface area (Å²) in [5.74, 6) is -0.229. The summed E-state index contributed by atoms with van der Waals surface area (Å²) in [5, 5.41) is 13.1. The molecule has 1 aliphatic rings. The lowest BCUT2D eigenvalue weighted by molar-refractivity contribution is -0.119. The molecule has 5 N–H and O–H groups in total. The van der Waals surface area contributed by atoms with Crippen molar-refractivity contribution in [1.29, 1.82) is 0 Å². The molecule has 2 aromatic rings. The highest BCUT2D eigenvalue weighted by Gasteiger charge is 2.21. The van der Waals surface area contributed by atoms with Gasteiger partial charge in [-0.15, -0.1) is 0 Å². The highest BCUT2D eigenvalue weighted by molar-refractivity contribution is 5.94. The molecule has 2 amide bonds. The number of nitrogens with zero attached hydrogens (tertiary/aromatic N) is 1. The summed E-state index contributed by atoms with van der Waals surface area (Å²) in [6.45, 7) is 1.68. The lowest BCUT2D eigenvalue weighted by Crippen LogP contribution is -2.28. The fourth-order valence-corrected chi connectivity index (χ4v) is 2.58. The van der Waals surface area contributed by atoms with E-state index in [9.17, 15) is 9.59 Å². The lowest BCUT2D eigenvalue weighted by atomic mass is 10.1. The molecule has 0 unspecified atom stereocenters. The number of hydrogen-bond acceptors (Lipinski definition) is 5. The fraction of sp³-hybridized carbons (Fsp3) is 0.312. The minimum Gasteiger partial charge on any atom is -0.484 e. The molecule has 2 heterocycles. The predicted molar refractivity (Wildman–Crippen MR) is 86.3 cm³/mol. The number of aromatic nitrogens is 2. The monoisotopic (exact) mass is 329 g/mol. The highest BCUT2D eigenvalue weighted by Crippen LogP contribution is 2.16. The topological polar surface area (TPSA) is 122 Å². The van der Waals surface area contributed by atoms with E-state index in [-0.39, 0.29) is 12.5 Å². The van der Waals surface area contributed by atoms with Crippen LogP contribution in [0.2, 0.25) is 0 Å². The molecule has 0 saturated heterocycles. The third-order valence-electron chi connectivity index (χ3n) is 3.75. The van der Waals surface area contributed by atoms with Crippen LogP contribution in [-0.2, 0) is 24.3 Å². The number of H-pyrrole nitrogens is 1. The van der Waals surface area contributed by atoms with Gasteiger partial charge < -0.3 is 21.1 Å². The van der Waals surface area contributed by atoms with Crippen LogP contribution >= 0.6 is 0 Å². The second kappa shape index (κ2) is 7.14. The Morgan fingerprint density at radius 1 is 1.38 bits per heavy atom. The summed E-state index contributed by atoms with van der Waals surface area (Å²) < 4.78 is 5.25. The Morgan fingerprint density at radius 2 is 2.25 bits per heavy atom. The minimum absolute atomic E-state index is 0.178. The predicted octanol–water partition coefficient (Wildman–Crippen LogP) is -0.150. The van der Waals surface area contributed by atoms with Gasteiger partial charge in [0.15, 0.2) is 12.3 Å². The smallest absolute Gasteiger partial charge is 0.272 e. The van der Waals surface area contributed by atoms with E-state index in [1.807, 2.05) is 6.07 Å². The fourth-order valence-electron chi connectivity index (χ4n) is 2.58. The molecule has 1 aliphatic heterocycles. The summed E-state index contributed by atoms with van der Waals surface area (Å²) in [5.41, 5.74) is 8.28. The Kier molecular flexibility index (Phi) is 4.76. The summed E-state index contributed by atoms with van der Waals surface area (Å²) in [4.78, 5) is 23.1. The number of carbonyl (C=O) groups excluding carboxylic acids is 2. The summed E-state index contributed by atoms with van der Waals surface area (Å²) in [6, 6.07) is 7.13. The number of hydrogen-bond donors (Lipinski definition) is 4. The van der Waals surface area contributed by atoms with Crippen molar-refractivity contribution < 1.29 is 14.3 Å². The first-order valence-electron chi connectivity index (χ1n) is 7.68. The maximum atomic E-state index is 12.3. The number of rotatable bonds is 6. The van der Waals surface area contributed by atoms with Crippen molar-refractivity contribution in [2.24, 2.45) is 5.73 Å². The van der Waals surface area contributed by atoms with Gasteiger partial charge in [-0.25, -0.2) is 0 Å². The first-order valence-corrected chi connectivity index (χ1v) is 7.68. The number of aromatic amines is 1. The van der Waals surface area contributed by atoms with Gasteiger partial charge in [-0.3, -0.25) is 14.7 Å². The molecule has 1 aromatic heterocycles. The van der Waals surface area contributed by atoms with Crippen LogP contribution in [0.1, 0.15) is 27.3 Å². The van der Waals surface area contributed by atoms with Crippen molar-refractivity contribution in [3.05, 3.63) is 46.8 Å². The molecule has 0 bridgehead atoms. The molecule has 0 fully saturated rings. The maximum Gasteiger partial charge on any atom is 0.272 e. The molecule has 8 heteroatoms. The Balaban J connectivity index is 1.61. The van der Waals surface area contributed by atoms with Gasteiger partial charge in [-0.05, 0) is 17.7 Å². The van der Waals surface area contributed by atoms with Crippen LogP contribution in [0.4, 0.5) is 0 Å². The van der Waals surface area contributed by atoms with Crippen LogP contribution in [-0.4, -0.2) is 35.2 Å². The molecule has 0 saturated carbocycles. The van der Waals surface area contributed by atoms with Gasteiger partial charge in [-0.1, -0.05) is 12.1 Å². The van der Waals surface area contributed by atoms with Crippen molar-refractivity contribution in [1.82, 2.24) is 20.8 Å². The van der Waals surface area contributed by atoms with Crippen LogP contribution in [0.3, 0.4) is 0 Å². The van der Waals surface area contributed by atoms with Crippen LogP contribution < -0.4 is 21.1 Å². The zero-order chi connectivity index (χ0) is 16.9. The molecule has 24 heavy (non-hydrogen) atoms. The summed E-state index contributed by atoms with van der Waals surface area (Å²) in [6.07, 6.45) is 0.842. The Bertz CT molecular complexity index is 756. The van der Waals surface area contributed by atoms with Crippen LogP contribution in [0.5, 0.6) is 5.75 Å². The largest absolute Gasteiger partial charge is 0.484 e. The van der Waals surface area contributed by atoms with Crippen molar-refractivity contribution in [3.8, 4) is 5.75 Å². The number of fused-ring (bicyclic) bond motifs is 1. The quantitative estimate of drug-likeness (QED) is 0.587. The average Bonchev–Trinajstić information content (AvgIpc) is 3.02. The molecule has 0 spiro atoms. The van der Waals surface area contributed by atoms with Gasteiger partial charge in [0.25, 0.3) is 11.8 Å². The van der Waals surface area contributed by atoms with Gasteiger partial charge in [0.2, 0.25) is 0 Å². The number of amides is 2. The standard InChI is InChI=1S/C16H19N5O3/c17-14(22)9-24-11-3-1-2-10(6-11)7-19-16(23)15-12-8-18-5-4-13(12)20-21-15/h1-3,6,18H,4-5,7-9H2,(H2,17,22)(H,19,23)(H,20,21). The van der Waals surface area contributed by atoms with Crippen molar-refractivity contribution in [3.63, 3.8) is 0 Å². The van der Waals surface area contributed by atoms with Crippen molar-refractivity contribution in [2.75, 3.05) is 13.2 Å². The molecular weight excluding hydrogens is 310 g/mol. The average molecular weight is 329 g/mol. The molecular formula is C16H19N5O3. The number of benzene rings is 1. The molecule has 0 radical (unpaired) electrons. The number of ether oxygens (including phenoxy) is 1. The van der Waals surface area contributed by atoms with Crippen molar-refractivity contribution in [2.45, 2.75) is 19.5 Å². The Hall–Kier alpha value is -2.87. The van der Waals surface area contributed by atoms with E-state index in [1.54, 1.807) is 18.2 Å². The normalized spacial score (nSPS) is 13.2. The molecule has 0 aliphatic carbocycles. The lowest BCUT2D eigenvalue weighted by Gasteiger charge is -2.13. The van der Waals surface area contributed by atoms with E-state index < -0.39 is 5.91 Å². The highest BCUT2D eigenvalue weighted by atomic mass is 16.5. The Labute approximate surface area is 138 Å². The molecule has 1 aromatic carbocycles. The second-order valence-electron chi connectivity index (χ2n) is 5.54. The van der Waals surface area contributed by atoms with Crippen molar-refractivity contribution >= 4 is 11.8 Å². The molecule has 0 atom stereocenters. The number of carbonyl (C=O) groups is 2. The van der Waals surface area contributed by atoms with Crippen LogP contribution in [0.15, 0.2) is 24.3 Å². The van der Waals surface area contributed by atoms with Crippen LogP contribution in [0.25, 0.3) is 0 Å². The molecule has 8 nitrogen and oxygen atoms in total.